The second kappa shape index (κ2) is 6.37. The highest BCUT2D eigenvalue weighted by atomic mass is 16.1. The number of hydrogen-bond donors (Lipinski definition) is 0. The summed E-state index contributed by atoms with van der Waals surface area (Å²) in [6.45, 7) is 14.7. The first-order chi connectivity index (χ1) is 9.68. The summed E-state index contributed by atoms with van der Waals surface area (Å²) in [4.78, 5) is 17.3. The van der Waals surface area contributed by atoms with Crippen molar-refractivity contribution in [2.45, 2.75) is 66.0 Å². The fourth-order valence-corrected chi connectivity index (χ4v) is 4.05. The fourth-order valence-electron chi connectivity index (χ4n) is 4.05. The molecule has 0 aromatic carbocycles. The first-order valence-corrected chi connectivity index (χ1v) is 8.65. The monoisotopic (exact) mass is 294 g/mol. The highest BCUT2D eigenvalue weighted by molar-refractivity contribution is 5.82. The molecule has 21 heavy (non-hydrogen) atoms. The molecule has 3 heteroatoms. The van der Waals surface area contributed by atoms with Gasteiger partial charge in [0.15, 0.2) is 0 Å². The summed E-state index contributed by atoms with van der Waals surface area (Å²) in [6, 6.07) is 1.18. The molecule has 1 saturated carbocycles. The third-order valence-electron chi connectivity index (χ3n) is 5.90. The molecule has 4 unspecified atom stereocenters. The Morgan fingerprint density at radius 2 is 1.71 bits per heavy atom. The normalized spacial score (nSPS) is 37.0. The summed E-state index contributed by atoms with van der Waals surface area (Å²) < 4.78 is 0. The minimum absolute atomic E-state index is 0.269. The van der Waals surface area contributed by atoms with Gasteiger partial charge in [0.05, 0.1) is 0 Å². The first kappa shape index (κ1) is 17.0. The lowest BCUT2D eigenvalue weighted by Gasteiger charge is -2.44. The van der Waals surface area contributed by atoms with Crippen LogP contribution in [0, 0.1) is 17.3 Å². The van der Waals surface area contributed by atoms with Gasteiger partial charge in [0.2, 0.25) is 0 Å². The summed E-state index contributed by atoms with van der Waals surface area (Å²) in [5, 5.41) is 0. The van der Waals surface area contributed by atoms with Crippen LogP contribution in [-0.4, -0.2) is 54.3 Å². The van der Waals surface area contributed by atoms with E-state index in [0.29, 0.717) is 29.2 Å². The molecule has 0 bridgehead atoms. The Morgan fingerprint density at radius 3 is 2.24 bits per heavy atom. The number of nitrogens with zero attached hydrogens (tertiary/aromatic N) is 2. The Morgan fingerprint density at radius 1 is 1.14 bits per heavy atom. The molecule has 0 N–H and O–H groups in total. The van der Waals surface area contributed by atoms with Crippen molar-refractivity contribution in [3.8, 4) is 0 Å². The highest BCUT2D eigenvalue weighted by Crippen LogP contribution is 2.39. The maximum absolute atomic E-state index is 12.3. The second-order valence-electron chi connectivity index (χ2n) is 8.58. The smallest absolute Gasteiger partial charge is 0.137 e. The van der Waals surface area contributed by atoms with Crippen molar-refractivity contribution in [3.63, 3.8) is 0 Å². The van der Waals surface area contributed by atoms with Crippen LogP contribution in [0.2, 0.25) is 0 Å². The molecule has 1 saturated heterocycles. The maximum atomic E-state index is 12.3. The number of carbonyl (C=O) groups excluding carboxylic acids is 1. The number of piperazine rings is 1. The van der Waals surface area contributed by atoms with Gasteiger partial charge in [0.1, 0.15) is 5.78 Å². The fraction of sp³-hybridized carbons (Fsp3) is 0.944. The van der Waals surface area contributed by atoms with Crippen LogP contribution in [0.25, 0.3) is 0 Å². The average molecular weight is 294 g/mol. The number of Topliss-reactive ketones (excluding diaryl/α,β-unsaturated/α-hetero) is 1. The van der Waals surface area contributed by atoms with E-state index >= 15 is 0 Å². The lowest BCUT2D eigenvalue weighted by molar-refractivity contribution is -0.127. The van der Waals surface area contributed by atoms with Crippen molar-refractivity contribution in [1.29, 1.82) is 0 Å². The SMILES string of the molecule is CC1CN(CC2CC(C(C)(C)C)CCC2=O)CC(C)N1C. The third-order valence-corrected chi connectivity index (χ3v) is 5.90. The molecule has 2 rings (SSSR count). The molecule has 2 aliphatic rings. The second-order valence-corrected chi connectivity index (χ2v) is 8.58. The Kier molecular flexibility index (Phi) is 5.15. The summed E-state index contributed by atoms with van der Waals surface area (Å²) >= 11 is 0. The predicted octanol–water partition coefficient (Wildman–Crippen LogP) is 3.04. The summed E-state index contributed by atoms with van der Waals surface area (Å²) in [7, 11) is 2.22. The molecule has 0 amide bonds. The molecule has 1 aliphatic carbocycles. The molecule has 1 heterocycles. The Balaban J connectivity index is 1.96. The van der Waals surface area contributed by atoms with E-state index in [1.165, 1.54) is 0 Å². The zero-order chi connectivity index (χ0) is 15.8. The van der Waals surface area contributed by atoms with Crippen LogP contribution in [0.3, 0.4) is 0 Å². The molecular formula is C18H34N2O. The van der Waals surface area contributed by atoms with Gasteiger partial charge >= 0.3 is 0 Å². The van der Waals surface area contributed by atoms with E-state index in [1.807, 2.05) is 0 Å². The largest absolute Gasteiger partial charge is 0.300 e. The van der Waals surface area contributed by atoms with E-state index in [2.05, 4.69) is 51.5 Å². The summed E-state index contributed by atoms with van der Waals surface area (Å²) in [5.41, 5.74) is 0.335. The molecule has 0 spiro atoms. The minimum atomic E-state index is 0.269. The summed E-state index contributed by atoms with van der Waals surface area (Å²) in [6.07, 6.45) is 2.98. The van der Waals surface area contributed by atoms with Gasteiger partial charge in [-0.15, -0.1) is 0 Å². The van der Waals surface area contributed by atoms with Crippen molar-refractivity contribution in [1.82, 2.24) is 9.80 Å². The topological polar surface area (TPSA) is 23.6 Å². The van der Waals surface area contributed by atoms with E-state index in [4.69, 9.17) is 0 Å². The van der Waals surface area contributed by atoms with E-state index in [9.17, 15) is 4.79 Å². The molecular weight excluding hydrogens is 260 g/mol. The van der Waals surface area contributed by atoms with E-state index in [-0.39, 0.29) is 5.92 Å². The van der Waals surface area contributed by atoms with E-state index < -0.39 is 0 Å². The van der Waals surface area contributed by atoms with E-state index in [1.54, 1.807) is 0 Å². The number of hydrogen-bond acceptors (Lipinski definition) is 3. The van der Waals surface area contributed by atoms with Gasteiger partial charge < -0.3 is 0 Å². The van der Waals surface area contributed by atoms with Gasteiger partial charge in [-0.05, 0) is 45.1 Å². The van der Waals surface area contributed by atoms with Gasteiger partial charge in [-0.1, -0.05) is 20.8 Å². The summed E-state index contributed by atoms with van der Waals surface area (Å²) in [5.74, 6) is 1.48. The standard InChI is InChI=1S/C18H34N2O/c1-13-10-20(11-14(2)19(13)6)12-15-9-16(18(3,4)5)7-8-17(15)21/h13-16H,7-12H2,1-6H3. The highest BCUT2D eigenvalue weighted by Gasteiger charge is 2.37. The van der Waals surface area contributed by atoms with Crippen molar-refractivity contribution in [2.24, 2.45) is 17.3 Å². The molecule has 4 atom stereocenters. The van der Waals surface area contributed by atoms with Crippen LogP contribution < -0.4 is 0 Å². The lowest BCUT2D eigenvalue weighted by Crippen LogP contribution is -2.56. The van der Waals surface area contributed by atoms with Crippen LogP contribution in [0.15, 0.2) is 0 Å². The van der Waals surface area contributed by atoms with Gasteiger partial charge in [-0.2, -0.15) is 0 Å². The zero-order valence-electron chi connectivity index (χ0n) is 14.9. The number of likely N-dealkylation sites (N-methyl/N-ethyl adjacent to an activating group) is 1. The molecule has 0 radical (unpaired) electrons. The Labute approximate surface area is 131 Å². The van der Waals surface area contributed by atoms with Crippen LogP contribution >= 0.6 is 0 Å². The minimum Gasteiger partial charge on any atom is -0.300 e. The van der Waals surface area contributed by atoms with Crippen LogP contribution in [0.5, 0.6) is 0 Å². The quantitative estimate of drug-likeness (QED) is 0.782. The van der Waals surface area contributed by atoms with Gasteiger partial charge in [0, 0.05) is 44.1 Å². The number of carbonyl (C=O) groups is 1. The maximum Gasteiger partial charge on any atom is 0.137 e. The van der Waals surface area contributed by atoms with Crippen LogP contribution in [0.1, 0.15) is 53.9 Å². The van der Waals surface area contributed by atoms with E-state index in [0.717, 1.165) is 38.9 Å². The van der Waals surface area contributed by atoms with Gasteiger partial charge in [-0.25, -0.2) is 0 Å². The van der Waals surface area contributed by atoms with Crippen molar-refractivity contribution in [3.05, 3.63) is 0 Å². The predicted molar refractivity (Wildman–Crippen MR) is 88.4 cm³/mol. The molecule has 3 nitrogen and oxygen atoms in total. The molecule has 2 fully saturated rings. The lowest BCUT2D eigenvalue weighted by atomic mass is 9.68. The van der Waals surface area contributed by atoms with Crippen molar-refractivity contribution >= 4 is 5.78 Å². The number of ketones is 1. The van der Waals surface area contributed by atoms with Gasteiger partial charge in [0.25, 0.3) is 0 Å². The van der Waals surface area contributed by atoms with Crippen molar-refractivity contribution in [2.75, 3.05) is 26.7 Å². The van der Waals surface area contributed by atoms with Gasteiger partial charge in [-0.3, -0.25) is 14.6 Å². The third kappa shape index (κ3) is 4.07. The van der Waals surface area contributed by atoms with Crippen LogP contribution in [-0.2, 0) is 4.79 Å². The first-order valence-electron chi connectivity index (χ1n) is 8.65. The molecule has 122 valence electrons. The Hall–Kier alpha value is -0.410. The van der Waals surface area contributed by atoms with Crippen molar-refractivity contribution < 1.29 is 4.79 Å². The number of rotatable bonds is 2. The Bertz CT molecular complexity index is 362. The van der Waals surface area contributed by atoms with Crippen LogP contribution in [0.4, 0.5) is 0 Å². The zero-order valence-corrected chi connectivity index (χ0v) is 14.9. The molecule has 1 aliphatic heterocycles. The molecule has 0 aromatic heterocycles. The average Bonchev–Trinajstić information content (AvgIpc) is 2.37. The molecule has 0 aromatic rings.